The van der Waals surface area contributed by atoms with E-state index in [-0.39, 0.29) is 5.92 Å². The fourth-order valence-corrected chi connectivity index (χ4v) is 2.76. The average Bonchev–Trinajstić information content (AvgIpc) is 2.62. The first kappa shape index (κ1) is 15.7. The number of nitrogens with zero attached hydrogens (tertiary/aromatic N) is 4. The van der Waals surface area contributed by atoms with Crippen LogP contribution in [-0.4, -0.2) is 34.1 Å². The molecule has 3 rings (SSSR count). The van der Waals surface area contributed by atoms with Gasteiger partial charge in [-0.2, -0.15) is 5.26 Å². The van der Waals surface area contributed by atoms with E-state index in [1.165, 1.54) is 6.33 Å². The Morgan fingerprint density at radius 3 is 2.79 bits per heavy atom. The summed E-state index contributed by atoms with van der Waals surface area (Å²) in [7, 11) is 0. The fraction of sp³-hybridized carbons (Fsp3) is 0.294. The van der Waals surface area contributed by atoms with Gasteiger partial charge in [0.15, 0.2) is 0 Å². The Balaban J connectivity index is 1.70. The van der Waals surface area contributed by atoms with Crippen molar-refractivity contribution in [3.8, 4) is 6.07 Å². The highest BCUT2D eigenvalue weighted by molar-refractivity contribution is 5.70. The number of carboxylic acid groups (broad SMARTS) is 1. The van der Waals surface area contributed by atoms with Crippen molar-refractivity contribution in [2.24, 2.45) is 5.92 Å². The molecule has 1 saturated heterocycles. The lowest BCUT2D eigenvalue weighted by atomic mass is 9.97. The minimum atomic E-state index is -0.725. The van der Waals surface area contributed by atoms with Crippen molar-refractivity contribution in [1.29, 1.82) is 5.26 Å². The summed E-state index contributed by atoms with van der Waals surface area (Å²) >= 11 is 0. The Hall–Kier alpha value is -3.14. The molecule has 1 aliphatic heterocycles. The zero-order chi connectivity index (χ0) is 16.9. The van der Waals surface area contributed by atoms with Gasteiger partial charge in [0.2, 0.25) is 0 Å². The second-order valence-corrected chi connectivity index (χ2v) is 5.68. The monoisotopic (exact) mass is 323 g/mol. The highest BCUT2D eigenvalue weighted by Crippen LogP contribution is 2.24. The molecule has 0 spiro atoms. The molecule has 1 fully saturated rings. The third-order valence-electron chi connectivity index (χ3n) is 4.08. The molecule has 0 unspecified atom stereocenters. The standard InChI is InChI=1S/C17H17N5O2/c18-10-12-2-1-3-14(8-12)21-15-9-16(20-11-19-15)22-6-4-13(5-7-22)17(23)24/h1-3,8-9,11,13H,4-7H2,(H,23,24)(H,19,20,21). The van der Waals surface area contributed by atoms with E-state index >= 15 is 0 Å². The minimum Gasteiger partial charge on any atom is -0.481 e. The molecule has 122 valence electrons. The fourth-order valence-electron chi connectivity index (χ4n) is 2.76. The van der Waals surface area contributed by atoms with Crippen molar-refractivity contribution < 1.29 is 9.90 Å². The second kappa shape index (κ2) is 6.96. The summed E-state index contributed by atoms with van der Waals surface area (Å²) in [6.07, 6.45) is 2.72. The normalized spacial score (nSPS) is 14.9. The van der Waals surface area contributed by atoms with E-state index in [0.29, 0.717) is 37.3 Å². The molecule has 0 bridgehead atoms. The van der Waals surface area contributed by atoms with Gasteiger partial charge in [-0.05, 0) is 31.0 Å². The van der Waals surface area contributed by atoms with Crippen LogP contribution in [0.25, 0.3) is 0 Å². The van der Waals surface area contributed by atoms with Crippen molar-refractivity contribution in [3.05, 3.63) is 42.2 Å². The maximum Gasteiger partial charge on any atom is 0.306 e. The molecule has 1 aromatic carbocycles. The van der Waals surface area contributed by atoms with Crippen LogP contribution >= 0.6 is 0 Å². The summed E-state index contributed by atoms with van der Waals surface area (Å²) in [6, 6.07) is 11.1. The van der Waals surface area contributed by atoms with Gasteiger partial charge in [-0.1, -0.05) is 6.07 Å². The number of nitriles is 1. The second-order valence-electron chi connectivity index (χ2n) is 5.68. The van der Waals surface area contributed by atoms with Crippen molar-refractivity contribution in [1.82, 2.24) is 9.97 Å². The van der Waals surface area contributed by atoms with E-state index < -0.39 is 5.97 Å². The molecule has 1 aromatic heterocycles. The van der Waals surface area contributed by atoms with E-state index in [9.17, 15) is 4.79 Å². The van der Waals surface area contributed by atoms with Crippen molar-refractivity contribution in [2.45, 2.75) is 12.8 Å². The van der Waals surface area contributed by atoms with E-state index in [1.54, 1.807) is 18.2 Å². The summed E-state index contributed by atoms with van der Waals surface area (Å²) in [5, 5.41) is 21.2. The molecule has 7 heteroatoms. The molecule has 0 radical (unpaired) electrons. The predicted molar refractivity (Wildman–Crippen MR) is 89.0 cm³/mol. The molecule has 24 heavy (non-hydrogen) atoms. The molecule has 2 N–H and O–H groups in total. The number of benzene rings is 1. The highest BCUT2D eigenvalue weighted by atomic mass is 16.4. The van der Waals surface area contributed by atoms with Crippen LogP contribution in [-0.2, 0) is 4.79 Å². The Bertz CT molecular complexity index is 779. The number of carboxylic acids is 1. The summed E-state index contributed by atoms with van der Waals surface area (Å²) in [5.74, 6) is 0.412. The molecule has 2 aromatic rings. The molecular weight excluding hydrogens is 306 g/mol. The van der Waals surface area contributed by atoms with Gasteiger partial charge in [0.25, 0.3) is 0 Å². The zero-order valence-corrected chi connectivity index (χ0v) is 13.0. The van der Waals surface area contributed by atoms with Crippen molar-refractivity contribution in [3.63, 3.8) is 0 Å². The van der Waals surface area contributed by atoms with Gasteiger partial charge in [0, 0.05) is 24.8 Å². The third kappa shape index (κ3) is 3.60. The first-order valence-corrected chi connectivity index (χ1v) is 7.72. The van der Waals surface area contributed by atoms with Gasteiger partial charge in [-0.15, -0.1) is 0 Å². The van der Waals surface area contributed by atoms with Crippen LogP contribution in [0.1, 0.15) is 18.4 Å². The summed E-state index contributed by atoms with van der Waals surface area (Å²) in [4.78, 5) is 21.6. The molecule has 0 atom stereocenters. The number of aromatic nitrogens is 2. The van der Waals surface area contributed by atoms with Crippen molar-refractivity contribution >= 4 is 23.3 Å². The van der Waals surface area contributed by atoms with Crippen LogP contribution in [0.4, 0.5) is 17.3 Å². The Morgan fingerprint density at radius 2 is 2.08 bits per heavy atom. The molecule has 0 aliphatic carbocycles. The third-order valence-corrected chi connectivity index (χ3v) is 4.08. The van der Waals surface area contributed by atoms with Gasteiger partial charge in [-0.3, -0.25) is 4.79 Å². The number of nitrogens with one attached hydrogen (secondary N) is 1. The van der Waals surface area contributed by atoms with Gasteiger partial charge in [0.1, 0.15) is 18.0 Å². The number of piperidine rings is 1. The lowest BCUT2D eigenvalue weighted by Gasteiger charge is -2.31. The first-order valence-electron chi connectivity index (χ1n) is 7.72. The summed E-state index contributed by atoms with van der Waals surface area (Å²) in [5.41, 5.74) is 1.35. The van der Waals surface area contributed by atoms with Gasteiger partial charge < -0.3 is 15.3 Å². The van der Waals surface area contributed by atoms with Crippen LogP contribution in [0.5, 0.6) is 0 Å². The lowest BCUT2D eigenvalue weighted by molar-refractivity contribution is -0.142. The molecule has 2 heterocycles. The largest absolute Gasteiger partial charge is 0.481 e. The lowest BCUT2D eigenvalue weighted by Crippen LogP contribution is -2.36. The van der Waals surface area contributed by atoms with Crippen LogP contribution in [0, 0.1) is 17.2 Å². The molecule has 0 saturated carbocycles. The molecule has 0 amide bonds. The molecule has 1 aliphatic rings. The van der Waals surface area contributed by atoms with E-state index in [2.05, 4.69) is 26.3 Å². The van der Waals surface area contributed by atoms with E-state index in [4.69, 9.17) is 10.4 Å². The van der Waals surface area contributed by atoms with Crippen LogP contribution in [0.2, 0.25) is 0 Å². The van der Waals surface area contributed by atoms with Gasteiger partial charge in [0.05, 0.1) is 17.6 Å². The topological polar surface area (TPSA) is 102 Å². The SMILES string of the molecule is N#Cc1cccc(Nc2cc(N3CCC(C(=O)O)CC3)ncn2)c1. The number of aliphatic carboxylic acids is 1. The number of hydrogen-bond acceptors (Lipinski definition) is 6. The van der Waals surface area contributed by atoms with Crippen LogP contribution in [0.15, 0.2) is 36.7 Å². The predicted octanol–water partition coefficient (Wildman–Crippen LogP) is 2.39. The molecule has 7 nitrogen and oxygen atoms in total. The highest BCUT2D eigenvalue weighted by Gasteiger charge is 2.25. The van der Waals surface area contributed by atoms with Crippen molar-refractivity contribution in [2.75, 3.05) is 23.3 Å². The number of anilines is 3. The quantitative estimate of drug-likeness (QED) is 0.890. The molecular formula is C17H17N5O2. The maximum atomic E-state index is 11.0. The van der Waals surface area contributed by atoms with Crippen LogP contribution in [0.3, 0.4) is 0 Å². The number of carbonyl (C=O) groups is 1. The smallest absolute Gasteiger partial charge is 0.306 e. The first-order chi connectivity index (χ1) is 11.7. The average molecular weight is 323 g/mol. The summed E-state index contributed by atoms with van der Waals surface area (Å²) < 4.78 is 0. The Labute approximate surface area is 139 Å². The minimum absolute atomic E-state index is 0.269. The zero-order valence-electron chi connectivity index (χ0n) is 13.0. The van der Waals surface area contributed by atoms with E-state index in [0.717, 1.165) is 11.5 Å². The Kier molecular flexibility index (Phi) is 4.57. The van der Waals surface area contributed by atoms with Crippen LogP contribution < -0.4 is 10.2 Å². The maximum absolute atomic E-state index is 11.0. The van der Waals surface area contributed by atoms with Gasteiger partial charge >= 0.3 is 5.97 Å². The number of rotatable bonds is 4. The number of hydrogen-bond donors (Lipinski definition) is 2. The van der Waals surface area contributed by atoms with Gasteiger partial charge in [-0.25, -0.2) is 9.97 Å². The van der Waals surface area contributed by atoms with E-state index in [1.807, 2.05) is 12.1 Å². The Morgan fingerprint density at radius 1 is 1.29 bits per heavy atom. The summed E-state index contributed by atoms with van der Waals surface area (Å²) in [6.45, 7) is 1.33.